The van der Waals surface area contributed by atoms with Crippen molar-refractivity contribution in [2.24, 2.45) is 16.9 Å². The molecule has 1 aliphatic carbocycles. The molecule has 2 rings (SSSR count). The van der Waals surface area contributed by atoms with E-state index in [1.807, 2.05) is 0 Å². The first-order valence-corrected chi connectivity index (χ1v) is 8.60. The summed E-state index contributed by atoms with van der Waals surface area (Å²) in [6.07, 6.45) is 3.79. The second kappa shape index (κ2) is 8.66. The van der Waals surface area contributed by atoms with Crippen molar-refractivity contribution in [2.75, 3.05) is 39.4 Å². The van der Waals surface area contributed by atoms with E-state index in [2.05, 4.69) is 29.7 Å². The van der Waals surface area contributed by atoms with Crippen molar-refractivity contribution < 1.29 is 9.64 Å². The van der Waals surface area contributed by atoms with E-state index >= 15 is 0 Å². The van der Waals surface area contributed by atoms with Crippen LogP contribution in [0.1, 0.15) is 33.1 Å². The minimum absolute atomic E-state index is 0.571. The van der Waals surface area contributed by atoms with Crippen LogP contribution in [0.4, 0.5) is 0 Å². The highest BCUT2D eigenvalue weighted by atomic mass is 32.1. The maximum atomic E-state index is 5.36. The number of hydrogen-bond donors (Lipinski definition) is 3. The number of quaternary nitrogens is 1. The van der Waals surface area contributed by atoms with E-state index < -0.39 is 0 Å². The summed E-state index contributed by atoms with van der Waals surface area (Å²) in [5, 5.41) is 8.44. The van der Waals surface area contributed by atoms with E-state index in [4.69, 9.17) is 17.0 Å². The molecule has 2 fully saturated rings. The third kappa shape index (κ3) is 5.52. The Labute approximate surface area is 133 Å². The fraction of sp³-hybridized carbons (Fsp3) is 0.867. The Hall–Kier alpha value is -0.720. The van der Waals surface area contributed by atoms with E-state index in [0.29, 0.717) is 16.9 Å². The van der Waals surface area contributed by atoms with Crippen LogP contribution in [0.3, 0.4) is 0 Å². The van der Waals surface area contributed by atoms with Gasteiger partial charge in [0.25, 0.3) is 0 Å². The summed E-state index contributed by atoms with van der Waals surface area (Å²) in [6.45, 7) is 10.4. The zero-order valence-electron chi connectivity index (χ0n) is 13.3. The lowest BCUT2D eigenvalue weighted by molar-refractivity contribution is -0.906. The monoisotopic (exact) mass is 313 g/mol. The van der Waals surface area contributed by atoms with E-state index in [1.54, 1.807) is 4.90 Å². The van der Waals surface area contributed by atoms with Crippen molar-refractivity contribution in [2.45, 2.75) is 33.1 Å². The van der Waals surface area contributed by atoms with Gasteiger partial charge in [-0.05, 0) is 36.9 Å². The van der Waals surface area contributed by atoms with Crippen LogP contribution < -0.4 is 15.6 Å². The molecule has 0 aromatic rings. The summed E-state index contributed by atoms with van der Waals surface area (Å²) in [7, 11) is 0. The van der Waals surface area contributed by atoms with Gasteiger partial charge in [0.2, 0.25) is 0 Å². The molecule has 120 valence electrons. The SMILES string of the molecule is C[C@H]1CCC[C@H](C)C1=NNC(=S)NCC[NH+]1CCOCC1. The maximum Gasteiger partial charge on any atom is 0.187 e. The summed E-state index contributed by atoms with van der Waals surface area (Å²) in [6, 6.07) is 0. The standard InChI is InChI=1S/C15H28N4OS/c1-12-4-3-5-13(2)14(12)17-18-15(21)16-6-7-19-8-10-20-11-9-19/h12-13H,3-11H2,1-2H3,(H2,16,18,21)/p+1/t12-,13-/m0/s1. The normalized spacial score (nSPS) is 27.2. The Morgan fingerprint density at radius 1 is 1.29 bits per heavy atom. The molecule has 1 aliphatic heterocycles. The molecule has 0 unspecified atom stereocenters. The van der Waals surface area contributed by atoms with Crippen LogP contribution in [-0.2, 0) is 4.74 Å². The number of nitrogens with one attached hydrogen (secondary N) is 3. The largest absolute Gasteiger partial charge is 0.370 e. The Balaban J connectivity index is 1.66. The molecule has 0 aromatic heterocycles. The van der Waals surface area contributed by atoms with Crippen molar-refractivity contribution in [1.82, 2.24) is 10.7 Å². The molecule has 3 N–H and O–H groups in total. The molecule has 0 spiro atoms. The molecule has 0 amide bonds. The smallest absolute Gasteiger partial charge is 0.187 e. The lowest BCUT2D eigenvalue weighted by Crippen LogP contribution is -3.14. The van der Waals surface area contributed by atoms with Gasteiger partial charge < -0.3 is 15.0 Å². The first kappa shape index (κ1) is 16.6. The van der Waals surface area contributed by atoms with Crippen LogP contribution in [0.25, 0.3) is 0 Å². The van der Waals surface area contributed by atoms with Gasteiger partial charge in [-0.2, -0.15) is 5.10 Å². The van der Waals surface area contributed by atoms with Gasteiger partial charge in [-0.1, -0.05) is 20.3 Å². The van der Waals surface area contributed by atoms with Crippen molar-refractivity contribution in [3.8, 4) is 0 Å². The van der Waals surface area contributed by atoms with Gasteiger partial charge in [-0.3, -0.25) is 5.43 Å². The topological polar surface area (TPSA) is 50.1 Å². The summed E-state index contributed by atoms with van der Waals surface area (Å²) >= 11 is 5.30. The van der Waals surface area contributed by atoms with Gasteiger partial charge in [-0.15, -0.1) is 0 Å². The molecule has 1 saturated heterocycles. The predicted molar refractivity (Wildman–Crippen MR) is 89.7 cm³/mol. The van der Waals surface area contributed by atoms with Crippen molar-refractivity contribution >= 4 is 23.0 Å². The van der Waals surface area contributed by atoms with E-state index in [9.17, 15) is 0 Å². The van der Waals surface area contributed by atoms with Crippen LogP contribution in [-0.4, -0.2) is 50.2 Å². The number of nitrogens with zero attached hydrogens (tertiary/aromatic N) is 1. The summed E-state index contributed by atoms with van der Waals surface area (Å²) in [5.41, 5.74) is 4.29. The molecule has 1 saturated carbocycles. The van der Waals surface area contributed by atoms with Crippen molar-refractivity contribution in [3.63, 3.8) is 0 Å². The molecular weight excluding hydrogens is 284 g/mol. The van der Waals surface area contributed by atoms with Crippen LogP contribution >= 0.6 is 12.2 Å². The molecule has 2 aliphatic rings. The number of thiocarbonyl (C=S) groups is 1. The maximum absolute atomic E-state index is 5.36. The minimum Gasteiger partial charge on any atom is -0.370 e. The van der Waals surface area contributed by atoms with E-state index in [1.165, 1.54) is 25.0 Å². The molecule has 21 heavy (non-hydrogen) atoms. The van der Waals surface area contributed by atoms with Crippen LogP contribution in [0, 0.1) is 11.8 Å². The second-order valence-electron chi connectivity index (χ2n) is 6.25. The Morgan fingerprint density at radius 2 is 1.95 bits per heavy atom. The molecule has 5 nitrogen and oxygen atoms in total. The first-order valence-electron chi connectivity index (χ1n) is 8.19. The van der Waals surface area contributed by atoms with Crippen LogP contribution in [0.15, 0.2) is 5.10 Å². The number of hydrazone groups is 1. The highest BCUT2D eigenvalue weighted by molar-refractivity contribution is 7.80. The number of morpholine rings is 1. The number of rotatable bonds is 4. The quantitative estimate of drug-likeness (QED) is 0.512. The van der Waals surface area contributed by atoms with Crippen molar-refractivity contribution in [3.05, 3.63) is 0 Å². The van der Waals surface area contributed by atoms with E-state index in [0.717, 1.165) is 39.4 Å². The highest BCUT2D eigenvalue weighted by Crippen LogP contribution is 2.25. The fourth-order valence-corrected chi connectivity index (χ4v) is 3.30. The average Bonchev–Trinajstić information content (AvgIpc) is 2.48. The number of ether oxygens (including phenoxy) is 1. The summed E-state index contributed by atoms with van der Waals surface area (Å²) in [4.78, 5) is 1.58. The predicted octanol–water partition coefficient (Wildman–Crippen LogP) is 0.178. The Bertz CT molecular complexity index is 357. The van der Waals surface area contributed by atoms with Gasteiger partial charge in [0, 0.05) is 5.71 Å². The van der Waals surface area contributed by atoms with Gasteiger partial charge >= 0.3 is 0 Å². The second-order valence-corrected chi connectivity index (χ2v) is 6.66. The zero-order chi connectivity index (χ0) is 15.1. The zero-order valence-corrected chi connectivity index (χ0v) is 14.1. The van der Waals surface area contributed by atoms with Crippen molar-refractivity contribution in [1.29, 1.82) is 0 Å². The third-order valence-corrected chi connectivity index (χ3v) is 4.77. The lowest BCUT2D eigenvalue weighted by atomic mass is 9.81. The molecule has 6 heteroatoms. The van der Waals surface area contributed by atoms with Gasteiger partial charge in [-0.25, -0.2) is 0 Å². The summed E-state index contributed by atoms with van der Waals surface area (Å²) in [5.74, 6) is 1.14. The van der Waals surface area contributed by atoms with Gasteiger partial charge in [0.05, 0.1) is 26.3 Å². The van der Waals surface area contributed by atoms with Crippen LogP contribution in [0.2, 0.25) is 0 Å². The lowest BCUT2D eigenvalue weighted by Gasteiger charge is -2.26. The summed E-state index contributed by atoms with van der Waals surface area (Å²) < 4.78 is 5.36. The molecular formula is C15H29N4OS+. The molecule has 2 atom stereocenters. The Kier molecular flexibility index (Phi) is 6.86. The minimum atomic E-state index is 0.571. The molecule has 0 radical (unpaired) electrons. The third-order valence-electron chi connectivity index (χ3n) is 4.53. The fourth-order valence-electron chi connectivity index (χ4n) is 3.15. The van der Waals surface area contributed by atoms with Gasteiger partial charge in [0.1, 0.15) is 13.1 Å². The Morgan fingerprint density at radius 3 is 2.62 bits per heavy atom. The van der Waals surface area contributed by atoms with Gasteiger partial charge in [0.15, 0.2) is 5.11 Å². The molecule has 1 heterocycles. The van der Waals surface area contributed by atoms with Crippen LogP contribution in [0.5, 0.6) is 0 Å². The molecule has 0 aromatic carbocycles. The number of hydrogen-bond acceptors (Lipinski definition) is 3. The average molecular weight is 313 g/mol. The first-order chi connectivity index (χ1) is 10.2. The molecule has 0 bridgehead atoms. The van der Waals surface area contributed by atoms with E-state index in [-0.39, 0.29) is 0 Å². The highest BCUT2D eigenvalue weighted by Gasteiger charge is 2.22.